The number of pyridine rings is 1. The monoisotopic (exact) mass is 435 g/mol. The van der Waals surface area contributed by atoms with Gasteiger partial charge in [0.1, 0.15) is 17.3 Å². The minimum absolute atomic E-state index is 0.0286. The van der Waals surface area contributed by atoms with E-state index in [0.29, 0.717) is 25.0 Å². The van der Waals surface area contributed by atoms with Crippen molar-refractivity contribution in [2.24, 2.45) is 5.92 Å². The predicted octanol–water partition coefficient (Wildman–Crippen LogP) is 3.78. The molecule has 5 rings (SSSR count). The summed E-state index contributed by atoms with van der Waals surface area (Å²) < 4.78 is 28.4. The van der Waals surface area contributed by atoms with E-state index in [-0.39, 0.29) is 28.8 Å². The molecule has 3 aromatic rings. The Kier molecular flexibility index (Phi) is 5.07. The molecule has 0 aliphatic carbocycles. The Balaban J connectivity index is 1.42. The van der Waals surface area contributed by atoms with Gasteiger partial charge in [-0.1, -0.05) is 0 Å². The van der Waals surface area contributed by atoms with Gasteiger partial charge in [-0.3, -0.25) is 9.78 Å². The summed E-state index contributed by atoms with van der Waals surface area (Å²) in [4.78, 5) is 30.5. The zero-order valence-corrected chi connectivity index (χ0v) is 17.9. The fourth-order valence-electron chi connectivity index (χ4n) is 4.70. The van der Waals surface area contributed by atoms with Gasteiger partial charge >= 0.3 is 0 Å². The molecule has 164 valence electrons. The molecule has 6 nitrogen and oxygen atoms in total. The number of likely N-dealkylation sites (tertiary alicyclic amines) is 1. The van der Waals surface area contributed by atoms with Crippen LogP contribution in [0, 0.1) is 31.4 Å². The van der Waals surface area contributed by atoms with Crippen LogP contribution in [0.3, 0.4) is 0 Å². The average molecular weight is 435 g/mol. The van der Waals surface area contributed by atoms with Crippen LogP contribution < -0.4 is 4.90 Å². The minimum atomic E-state index is -0.594. The van der Waals surface area contributed by atoms with Crippen molar-refractivity contribution in [2.75, 3.05) is 24.5 Å². The highest BCUT2D eigenvalue weighted by atomic mass is 19.1. The number of amides is 1. The summed E-state index contributed by atoms with van der Waals surface area (Å²) in [6, 6.07) is 8.59. The van der Waals surface area contributed by atoms with Gasteiger partial charge in [-0.2, -0.15) is 0 Å². The van der Waals surface area contributed by atoms with Crippen LogP contribution >= 0.6 is 0 Å². The molecule has 2 atom stereocenters. The number of halogens is 2. The Morgan fingerprint density at radius 2 is 1.84 bits per heavy atom. The molecule has 2 aromatic heterocycles. The lowest BCUT2D eigenvalue weighted by molar-refractivity contribution is 0.0590. The van der Waals surface area contributed by atoms with Crippen molar-refractivity contribution in [3.8, 4) is 11.3 Å². The number of aryl methyl sites for hydroxylation is 2. The van der Waals surface area contributed by atoms with Crippen LogP contribution in [-0.4, -0.2) is 51.4 Å². The second-order valence-electron chi connectivity index (χ2n) is 8.49. The summed E-state index contributed by atoms with van der Waals surface area (Å²) in [6.45, 7) is 5.87. The van der Waals surface area contributed by atoms with Gasteiger partial charge in [0.05, 0.1) is 6.04 Å². The number of carbonyl (C=O) groups is 1. The lowest BCUT2D eigenvalue weighted by Gasteiger charge is -2.53. The number of aromatic nitrogens is 3. The van der Waals surface area contributed by atoms with E-state index < -0.39 is 11.6 Å². The van der Waals surface area contributed by atoms with Crippen molar-refractivity contribution in [1.29, 1.82) is 0 Å². The molecular formula is C24H23F2N5O. The molecule has 8 heteroatoms. The molecule has 2 aliphatic rings. The molecule has 0 saturated carbocycles. The van der Waals surface area contributed by atoms with Crippen LogP contribution in [0.1, 0.15) is 28.2 Å². The van der Waals surface area contributed by atoms with Gasteiger partial charge in [0.15, 0.2) is 0 Å². The number of piperidine rings is 1. The summed E-state index contributed by atoms with van der Waals surface area (Å²) >= 11 is 0. The highest BCUT2D eigenvalue weighted by Crippen LogP contribution is 2.36. The molecule has 2 unspecified atom stereocenters. The molecule has 0 spiro atoms. The smallest absolute Gasteiger partial charge is 0.254 e. The SMILES string of the molecule is Cc1cc(C)nc(N2CC3CCN(C(=O)c4ccc(F)cc4-c4ncccc4F)CC32)n1. The standard InChI is InChI=1S/C24H23F2N5O/c1-14-10-15(2)29-24(28-14)31-12-16-7-9-30(13-21(16)31)23(32)18-6-5-17(25)11-19(18)22-20(26)4-3-8-27-22/h3-6,8,10-11,16,21H,7,9,12-13H2,1-2H3. The van der Waals surface area contributed by atoms with Crippen LogP contribution in [0.15, 0.2) is 42.6 Å². The van der Waals surface area contributed by atoms with E-state index in [1.165, 1.54) is 36.5 Å². The van der Waals surface area contributed by atoms with Gasteiger partial charge in [-0.05, 0) is 56.7 Å². The lowest BCUT2D eigenvalue weighted by atomic mass is 9.82. The third kappa shape index (κ3) is 3.59. The molecule has 1 aromatic carbocycles. The number of fused-ring (bicyclic) bond motifs is 1. The molecule has 0 bridgehead atoms. The van der Waals surface area contributed by atoms with Gasteiger partial charge in [0.2, 0.25) is 5.95 Å². The number of benzene rings is 1. The third-order valence-electron chi connectivity index (χ3n) is 6.29. The average Bonchev–Trinajstić information content (AvgIpc) is 2.74. The summed E-state index contributed by atoms with van der Waals surface area (Å²) in [6.07, 6.45) is 2.30. The molecule has 2 fully saturated rings. The van der Waals surface area contributed by atoms with E-state index in [1.807, 2.05) is 19.9 Å². The second-order valence-corrected chi connectivity index (χ2v) is 8.49. The Morgan fingerprint density at radius 3 is 2.59 bits per heavy atom. The van der Waals surface area contributed by atoms with E-state index in [2.05, 4.69) is 19.9 Å². The summed E-state index contributed by atoms with van der Waals surface area (Å²) in [5.74, 6) is -0.224. The topological polar surface area (TPSA) is 62.2 Å². The number of nitrogens with zero attached hydrogens (tertiary/aromatic N) is 5. The molecule has 2 saturated heterocycles. The van der Waals surface area contributed by atoms with Crippen molar-refractivity contribution in [3.63, 3.8) is 0 Å². The summed E-state index contributed by atoms with van der Waals surface area (Å²) in [5, 5.41) is 0. The highest BCUT2D eigenvalue weighted by molar-refractivity contribution is 6.00. The van der Waals surface area contributed by atoms with Gasteiger partial charge < -0.3 is 9.80 Å². The van der Waals surface area contributed by atoms with Crippen LogP contribution in [0.5, 0.6) is 0 Å². The van der Waals surface area contributed by atoms with E-state index in [4.69, 9.17) is 0 Å². The number of hydrogen-bond donors (Lipinski definition) is 0. The minimum Gasteiger partial charge on any atom is -0.337 e. The number of carbonyl (C=O) groups excluding carboxylic acids is 1. The van der Waals surface area contributed by atoms with Crippen LogP contribution in [0.2, 0.25) is 0 Å². The maximum absolute atomic E-state index is 14.4. The Labute approximate surface area is 184 Å². The van der Waals surface area contributed by atoms with E-state index in [1.54, 1.807) is 4.90 Å². The van der Waals surface area contributed by atoms with Crippen LogP contribution in [0.25, 0.3) is 11.3 Å². The zero-order chi connectivity index (χ0) is 22.4. The maximum atomic E-state index is 14.4. The molecule has 4 heterocycles. The first-order valence-corrected chi connectivity index (χ1v) is 10.7. The molecule has 32 heavy (non-hydrogen) atoms. The Morgan fingerprint density at radius 1 is 1.06 bits per heavy atom. The van der Waals surface area contributed by atoms with Gasteiger partial charge in [-0.25, -0.2) is 18.7 Å². The Bertz CT molecular complexity index is 1180. The third-order valence-corrected chi connectivity index (χ3v) is 6.29. The molecular weight excluding hydrogens is 412 g/mol. The maximum Gasteiger partial charge on any atom is 0.254 e. The number of anilines is 1. The predicted molar refractivity (Wildman–Crippen MR) is 116 cm³/mol. The van der Waals surface area contributed by atoms with Crippen molar-refractivity contribution in [1.82, 2.24) is 19.9 Å². The van der Waals surface area contributed by atoms with Crippen molar-refractivity contribution >= 4 is 11.9 Å². The van der Waals surface area contributed by atoms with Crippen molar-refractivity contribution in [3.05, 3.63) is 71.2 Å². The lowest BCUT2D eigenvalue weighted by Crippen LogP contribution is -2.65. The quantitative estimate of drug-likeness (QED) is 0.627. The first kappa shape index (κ1) is 20.5. The van der Waals surface area contributed by atoms with E-state index in [0.717, 1.165) is 24.4 Å². The van der Waals surface area contributed by atoms with E-state index in [9.17, 15) is 13.6 Å². The van der Waals surface area contributed by atoms with Crippen molar-refractivity contribution in [2.45, 2.75) is 26.3 Å². The van der Waals surface area contributed by atoms with Gasteiger partial charge in [-0.15, -0.1) is 0 Å². The molecule has 0 N–H and O–H groups in total. The number of rotatable bonds is 3. The first-order chi connectivity index (χ1) is 15.4. The first-order valence-electron chi connectivity index (χ1n) is 10.7. The summed E-state index contributed by atoms with van der Waals surface area (Å²) in [7, 11) is 0. The van der Waals surface area contributed by atoms with Gasteiger partial charge in [0.25, 0.3) is 5.91 Å². The fourth-order valence-corrected chi connectivity index (χ4v) is 4.70. The van der Waals surface area contributed by atoms with Crippen LogP contribution in [0.4, 0.5) is 14.7 Å². The second kappa shape index (κ2) is 7.93. The van der Waals surface area contributed by atoms with Gasteiger partial charge in [0, 0.05) is 54.3 Å². The highest BCUT2D eigenvalue weighted by Gasteiger charge is 2.45. The molecule has 0 radical (unpaired) electrons. The van der Waals surface area contributed by atoms with E-state index >= 15 is 0 Å². The molecule has 2 aliphatic heterocycles. The summed E-state index contributed by atoms with van der Waals surface area (Å²) in [5.41, 5.74) is 2.20. The normalized spacial score (nSPS) is 20.0. The van der Waals surface area contributed by atoms with Crippen LogP contribution in [-0.2, 0) is 0 Å². The van der Waals surface area contributed by atoms with Crippen molar-refractivity contribution < 1.29 is 13.6 Å². The zero-order valence-electron chi connectivity index (χ0n) is 17.9. The Hall–Kier alpha value is -3.42. The number of hydrogen-bond acceptors (Lipinski definition) is 5. The fraction of sp³-hybridized carbons (Fsp3) is 0.333. The largest absolute Gasteiger partial charge is 0.337 e. The molecule has 1 amide bonds.